The van der Waals surface area contributed by atoms with Crippen LogP contribution in [0.3, 0.4) is 0 Å². The molecule has 0 aliphatic heterocycles. The number of hydrogen-bond donors (Lipinski definition) is 1. The van der Waals surface area contributed by atoms with E-state index in [2.05, 4.69) is 66.6 Å². The lowest BCUT2D eigenvalue weighted by Gasteiger charge is -2.17. The smallest absolute Gasteiger partial charge is 0.250 e. The van der Waals surface area contributed by atoms with Crippen molar-refractivity contribution in [3.63, 3.8) is 0 Å². The first-order valence-corrected chi connectivity index (χ1v) is 10.2. The standard InChI is InChI=1S/C23H29N5O/c1-6-16(4)20-9-7-8-10-21(20)24-23(29)17(5)28-26-22(25-27-28)19-13-11-18(12-14-19)15(2)3/h7-17H,6H2,1-5H3,(H,24,29)/t16-,17+/m1/s1. The van der Waals surface area contributed by atoms with Crippen LogP contribution in [0, 0.1) is 0 Å². The molecule has 1 aromatic heterocycles. The predicted octanol–water partition coefficient (Wildman–Crippen LogP) is 5.18. The number of nitrogens with one attached hydrogen (secondary N) is 1. The predicted molar refractivity (Wildman–Crippen MR) is 116 cm³/mol. The van der Waals surface area contributed by atoms with Gasteiger partial charge in [0.25, 0.3) is 5.91 Å². The maximum absolute atomic E-state index is 12.8. The van der Waals surface area contributed by atoms with Gasteiger partial charge in [-0.05, 0) is 47.6 Å². The van der Waals surface area contributed by atoms with Crippen LogP contribution < -0.4 is 5.32 Å². The van der Waals surface area contributed by atoms with Gasteiger partial charge in [-0.2, -0.15) is 4.80 Å². The molecule has 0 fully saturated rings. The second-order valence-corrected chi connectivity index (χ2v) is 7.77. The monoisotopic (exact) mass is 391 g/mol. The molecule has 1 heterocycles. The van der Waals surface area contributed by atoms with Crippen molar-refractivity contribution in [2.24, 2.45) is 0 Å². The van der Waals surface area contributed by atoms with Crippen molar-refractivity contribution in [3.8, 4) is 11.4 Å². The number of carbonyl (C=O) groups excluding carboxylic acids is 1. The fraction of sp³-hybridized carbons (Fsp3) is 0.391. The fourth-order valence-electron chi connectivity index (χ4n) is 3.12. The molecule has 3 aromatic rings. The van der Waals surface area contributed by atoms with Crippen molar-refractivity contribution in [1.82, 2.24) is 20.2 Å². The van der Waals surface area contributed by atoms with Crippen molar-refractivity contribution < 1.29 is 4.79 Å². The molecule has 0 aliphatic carbocycles. The van der Waals surface area contributed by atoms with E-state index in [0.29, 0.717) is 17.7 Å². The summed E-state index contributed by atoms with van der Waals surface area (Å²) in [5, 5.41) is 15.7. The van der Waals surface area contributed by atoms with Crippen LogP contribution in [-0.4, -0.2) is 26.1 Å². The zero-order valence-corrected chi connectivity index (χ0v) is 17.8. The van der Waals surface area contributed by atoms with Gasteiger partial charge in [-0.15, -0.1) is 10.2 Å². The highest BCUT2D eigenvalue weighted by molar-refractivity contribution is 5.94. The maximum Gasteiger partial charge on any atom is 0.250 e. The van der Waals surface area contributed by atoms with Crippen molar-refractivity contribution in [2.45, 2.75) is 58.9 Å². The van der Waals surface area contributed by atoms with Gasteiger partial charge in [0.15, 0.2) is 0 Å². The Hall–Kier alpha value is -3.02. The highest BCUT2D eigenvalue weighted by Crippen LogP contribution is 2.27. The summed E-state index contributed by atoms with van der Waals surface area (Å²) in [6, 6.07) is 15.5. The Labute approximate surface area is 172 Å². The topological polar surface area (TPSA) is 72.7 Å². The van der Waals surface area contributed by atoms with Crippen LogP contribution in [0.1, 0.15) is 70.0 Å². The van der Waals surface area contributed by atoms with Crippen molar-refractivity contribution in [3.05, 3.63) is 59.7 Å². The molecule has 0 unspecified atom stereocenters. The first-order chi connectivity index (χ1) is 13.9. The Morgan fingerprint density at radius 3 is 2.38 bits per heavy atom. The van der Waals surface area contributed by atoms with E-state index in [1.54, 1.807) is 6.92 Å². The molecule has 152 valence electrons. The summed E-state index contributed by atoms with van der Waals surface area (Å²) in [5.74, 6) is 1.18. The van der Waals surface area contributed by atoms with E-state index < -0.39 is 6.04 Å². The Balaban J connectivity index is 1.74. The second-order valence-electron chi connectivity index (χ2n) is 7.77. The molecule has 0 bridgehead atoms. The summed E-state index contributed by atoms with van der Waals surface area (Å²) in [4.78, 5) is 14.2. The summed E-state index contributed by atoms with van der Waals surface area (Å²) in [7, 11) is 0. The summed E-state index contributed by atoms with van der Waals surface area (Å²) in [5.41, 5.74) is 4.11. The summed E-state index contributed by atoms with van der Waals surface area (Å²) in [6.07, 6.45) is 1.01. The van der Waals surface area contributed by atoms with Crippen LogP contribution in [0.25, 0.3) is 11.4 Å². The normalized spacial score (nSPS) is 13.3. The minimum atomic E-state index is -0.573. The molecule has 2 atom stereocenters. The first kappa shape index (κ1) is 20.7. The molecule has 0 saturated carbocycles. The van der Waals surface area contributed by atoms with Crippen molar-refractivity contribution >= 4 is 11.6 Å². The van der Waals surface area contributed by atoms with E-state index in [1.807, 2.05) is 30.3 Å². The minimum Gasteiger partial charge on any atom is -0.324 e. The zero-order valence-electron chi connectivity index (χ0n) is 17.8. The molecule has 29 heavy (non-hydrogen) atoms. The first-order valence-electron chi connectivity index (χ1n) is 10.2. The molecular weight excluding hydrogens is 362 g/mol. The van der Waals surface area contributed by atoms with Crippen LogP contribution >= 0.6 is 0 Å². The number of rotatable bonds is 7. The Bertz CT molecular complexity index is 961. The highest BCUT2D eigenvalue weighted by Gasteiger charge is 2.20. The third-order valence-corrected chi connectivity index (χ3v) is 5.35. The van der Waals surface area contributed by atoms with E-state index in [9.17, 15) is 4.79 Å². The number of carbonyl (C=O) groups is 1. The number of para-hydroxylation sites is 1. The van der Waals surface area contributed by atoms with Crippen LogP contribution in [0.15, 0.2) is 48.5 Å². The Morgan fingerprint density at radius 2 is 1.72 bits per heavy atom. The van der Waals surface area contributed by atoms with Gasteiger partial charge >= 0.3 is 0 Å². The molecule has 6 nitrogen and oxygen atoms in total. The van der Waals surface area contributed by atoms with Gasteiger partial charge in [-0.3, -0.25) is 4.79 Å². The van der Waals surface area contributed by atoms with Gasteiger partial charge in [-0.1, -0.05) is 70.2 Å². The molecule has 0 saturated heterocycles. The minimum absolute atomic E-state index is 0.167. The summed E-state index contributed by atoms with van der Waals surface area (Å²) < 4.78 is 0. The Kier molecular flexibility index (Phi) is 6.42. The molecule has 3 rings (SSSR count). The Morgan fingerprint density at radius 1 is 1.03 bits per heavy atom. The van der Waals surface area contributed by atoms with E-state index in [-0.39, 0.29) is 5.91 Å². The molecule has 1 amide bonds. The molecule has 1 N–H and O–H groups in total. The third-order valence-electron chi connectivity index (χ3n) is 5.35. The number of amides is 1. The van der Waals surface area contributed by atoms with Gasteiger partial charge in [0.05, 0.1) is 0 Å². The quantitative estimate of drug-likeness (QED) is 0.602. The number of hydrogen-bond acceptors (Lipinski definition) is 4. The molecule has 0 spiro atoms. The van der Waals surface area contributed by atoms with Crippen LogP contribution in [0.2, 0.25) is 0 Å². The van der Waals surface area contributed by atoms with Crippen LogP contribution in [0.4, 0.5) is 5.69 Å². The molecular formula is C23H29N5O. The molecule has 0 aliphatic rings. The van der Waals surface area contributed by atoms with Crippen LogP contribution in [-0.2, 0) is 4.79 Å². The van der Waals surface area contributed by atoms with E-state index in [4.69, 9.17) is 0 Å². The van der Waals surface area contributed by atoms with E-state index in [1.165, 1.54) is 10.4 Å². The number of tetrazole rings is 1. The van der Waals surface area contributed by atoms with Gasteiger partial charge in [0, 0.05) is 11.3 Å². The van der Waals surface area contributed by atoms with Crippen LogP contribution in [0.5, 0.6) is 0 Å². The number of nitrogens with zero attached hydrogens (tertiary/aromatic N) is 4. The average Bonchev–Trinajstić information content (AvgIpc) is 3.23. The van der Waals surface area contributed by atoms with Crippen molar-refractivity contribution in [2.75, 3.05) is 5.32 Å². The lowest BCUT2D eigenvalue weighted by Crippen LogP contribution is -2.26. The number of aromatic nitrogens is 4. The lowest BCUT2D eigenvalue weighted by molar-refractivity contribution is -0.119. The fourth-order valence-corrected chi connectivity index (χ4v) is 3.12. The molecule has 0 radical (unpaired) electrons. The maximum atomic E-state index is 12.8. The van der Waals surface area contributed by atoms with E-state index >= 15 is 0 Å². The number of anilines is 1. The van der Waals surface area contributed by atoms with Gasteiger partial charge in [-0.25, -0.2) is 0 Å². The second kappa shape index (κ2) is 8.99. The highest BCUT2D eigenvalue weighted by atomic mass is 16.2. The van der Waals surface area contributed by atoms with Gasteiger partial charge in [0.1, 0.15) is 6.04 Å². The zero-order chi connectivity index (χ0) is 21.0. The number of benzene rings is 2. The summed E-state index contributed by atoms with van der Waals surface area (Å²) >= 11 is 0. The average molecular weight is 392 g/mol. The van der Waals surface area contributed by atoms with E-state index in [0.717, 1.165) is 23.2 Å². The third kappa shape index (κ3) is 4.70. The van der Waals surface area contributed by atoms with Crippen molar-refractivity contribution in [1.29, 1.82) is 0 Å². The molecule has 6 heteroatoms. The SMILES string of the molecule is CC[C@@H](C)c1ccccc1NC(=O)[C@H](C)n1nnc(-c2ccc(C(C)C)cc2)n1. The van der Waals surface area contributed by atoms with Gasteiger partial charge in [0.2, 0.25) is 5.82 Å². The lowest BCUT2D eigenvalue weighted by atomic mass is 9.97. The van der Waals surface area contributed by atoms with Gasteiger partial charge < -0.3 is 5.32 Å². The largest absolute Gasteiger partial charge is 0.324 e. The summed E-state index contributed by atoms with van der Waals surface area (Å²) in [6.45, 7) is 10.4. The molecule has 2 aromatic carbocycles.